The van der Waals surface area contributed by atoms with Gasteiger partial charge in [0.1, 0.15) is 6.73 Å². The second-order valence-corrected chi connectivity index (χ2v) is 11.9. The molecule has 2 fully saturated rings. The number of anilines is 1. The average molecular weight is 614 g/mol. The Morgan fingerprint density at radius 1 is 1.14 bits per heavy atom. The number of hydrogen-bond acceptors (Lipinski definition) is 10. The maximum absolute atomic E-state index is 11.8. The van der Waals surface area contributed by atoms with E-state index in [-0.39, 0.29) is 37.0 Å². The zero-order valence-corrected chi connectivity index (χ0v) is 25.7. The lowest BCUT2D eigenvalue weighted by Gasteiger charge is -2.40. The summed E-state index contributed by atoms with van der Waals surface area (Å²) in [4.78, 5) is 24.2. The first kappa shape index (κ1) is 33.2. The molecule has 6 rings (SSSR count). The molecule has 3 aromatic rings. The number of imidazole rings is 1. The van der Waals surface area contributed by atoms with Crippen LogP contribution in [0.15, 0.2) is 53.6 Å². The highest BCUT2D eigenvalue weighted by Crippen LogP contribution is 2.52. The van der Waals surface area contributed by atoms with Gasteiger partial charge in [0.15, 0.2) is 11.2 Å². The molecule has 2 aromatic heterocycles. The number of likely N-dealkylation sites (tertiary alicyclic amines) is 1. The van der Waals surface area contributed by atoms with Crippen LogP contribution in [0.3, 0.4) is 0 Å². The minimum Gasteiger partial charge on any atom is -0.394 e. The number of aliphatic hydroxyl groups excluding tert-OH is 1. The number of H-pyrrole nitrogens is 1. The molecule has 236 valence electrons. The van der Waals surface area contributed by atoms with E-state index in [1.807, 2.05) is 0 Å². The van der Waals surface area contributed by atoms with Crippen molar-refractivity contribution in [2.24, 2.45) is 23.5 Å². The van der Waals surface area contributed by atoms with Crippen molar-refractivity contribution in [2.75, 3.05) is 50.9 Å². The van der Waals surface area contributed by atoms with Gasteiger partial charge in [-0.05, 0) is 68.5 Å². The van der Waals surface area contributed by atoms with Crippen molar-refractivity contribution in [2.45, 2.75) is 50.9 Å². The number of fused-ring (bicyclic) bond motifs is 3. The maximum atomic E-state index is 11.8. The van der Waals surface area contributed by atoms with E-state index >= 15 is 0 Å². The molecule has 12 heteroatoms. The highest BCUT2D eigenvalue weighted by atomic mass is 32.1. The van der Waals surface area contributed by atoms with Crippen LogP contribution in [-0.4, -0.2) is 79.8 Å². The largest absolute Gasteiger partial charge is 0.394 e. The lowest BCUT2D eigenvalue weighted by Crippen LogP contribution is -2.42. The summed E-state index contributed by atoms with van der Waals surface area (Å²) in [5.41, 5.74) is 11.0. The second kappa shape index (κ2) is 16.4. The number of nitrogens with two attached hydrogens (primary N) is 2. The van der Waals surface area contributed by atoms with Crippen LogP contribution in [0.1, 0.15) is 44.1 Å². The van der Waals surface area contributed by atoms with Gasteiger partial charge in [0.05, 0.1) is 25.1 Å². The van der Waals surface area contributed by atoms with Gasteiger partial charge in [-0.2, -0.15) is 17.6 Å². The van der Waals surface area contributed by atoms with Gasteiger partial charge in [-0.3, -0.25) is 14.3 Å². The van der Waals surface area contributed by atoms with Crippen LogP contribution in [0.2, 0.25) is 0 Å². The third kappa shape index (κ3) is 8.68. The molecular formula is C31H47N7O4S. The van der Waals surface area contributed by atoms with Crippen LogP contribution >= 0.6 is 12.6 Å². The number of benzene rings is 1. The average Bonchev–Trinajstić information content (AvgIpc) is 3.79. The van der Waals surface area contributed by atoms with E-state index < -0.39 is 5.60 Å². The van der Waals surface area contributed by atoms with E-state index in [0.717, 1.165) is 30.7 Å². The molecule has 3 aliphatic rings. The quantitative estimate of drug-likeness (QED) is 0.114. The zero-order valence-electron chi connectivity index (χ0n) is 24.9. The summed E-state index contributed by atoms with van der Waals surface area (Å²) in [7, 11) is 0. The first-order valence-electron chi connectivity index (χ1n) is 15.3. The first-order valence-corrected chi connectivity index (χ1v) is 15.9. The van der Waals surface area contributed by atoms with Gasteiger partial charge in [-0.1, -0.05) is 48.9 Å². The van der Waals surface area contributed by atoms with Crippen molar-refractivity contribution in [3.05, 3.63) is 64.7 Å². The fourth-order valence-corrected chi connectivity index (χ4v) is 6.40. The number of allylic oxidation sites excluding steroid dienone is 2. The van der Waals surface area contributed by atoms with E-state index in [9.17, 15) is 9.90 Å². The highest BCUT2D eigenvalue weighted by molar-refractivity contribution is 7.80. The van der Waals surface area contributed by atoms with Gasteiger partial charge in [0.2, 0.25) is 5.95 Å². The van der Waals surface area contributed by atoms with E-state index in [4.69, 9.17) is 21.3 Å². The fourth-order valence-electron chi connectivity index (χ4n) is 6.40. The Morgan fingerprint density at radius 3 is 2.51 bits per heavy atom. The predicted octanol–water partition coefficient (Wildman–Crippen LogP) is 2.51. The van der Waals surface area contributed by atoms with Crippen molar-refractivity contribution in [1.82, 2.24) is 24.4 Å². The predicted molar refractivity (Wildman–Crippen MR) is 173 cm³/mol. The molecule has 0 radical (unpaired) electrons. The second-order valence-electron chi connectivity index (χ2n) is 11.4. The van der Waals surface area contributed by atoms with Gasteiger partial charge >= 0.3 is 0 Å². The van der Waals surface area contributed by atoms with Crippen LogP contribution in [0.25, 0.3) is 11.2 Å². The number of piperidine rings is 1. The number of nitrogens with one attached hydrogen (secondary N) is 1. The highest BCUT2D eigenvalue weighted by Gasteiger charge is 2.48. The molecule has 4 atom stereocenters. The van der Waals surface area contributed by atoms with Crippen molar-refractivity contribution in [3.8, 4) is 0 Å². The fraction of sp³-hybridized carbons (Fsp3) is 0.581. The van der Waals surface area contributed by atoms with Gasteiger partial charge in [-0.25, -0.2) is 4.98 Å². The molecule has 4 unspecified atom stereocenters. The first-order chi connectivity index (χ1) is 20.9. The summed E-state index contributed by atoms with van der Waals surface area (Å²) in [6.07, 6.45) is 13.5. The van der Waals surface area contributed by atoms with E-state index in [2.05, 4.69) is 75.0 Å². The summed E-state index contributed by atoms with van der Waals surface area (Å²) in [6.45, 7) is 4.43. The number of aliphatic hydroxyl groups is 2. The van der Waals surface area contributed by atoms with Crippen LogP contribution < -0.4 is 17.0 Å². The van der Waals surface area contributed by atoms with Crippen molar-refractivity contribution >= 4 is 29.7 Å². The van der Waals surface area contributed by atoms with Gasteiger partial charge < -0.3 is 31.3 Å². The Hall–Kier alpha value is -2.74. The van der Waals surface area contributed by atoms with Crippen molar-refractivity contribution in [3.63, 3.8) is 0 Å². The van der Waals surface area contributed by atoms with E-state index in [1.165, 1.54) is 49.7 Å². The summed E-state index contributed by atoms with van der Waals surface area (Å²) in [5, 5.41) is 20.3. The monoisotopic (exact) mass is 613 g/mol. The number of aromatic amines is 1. The molecule has 1 saturated carbocycles. The minimum absolute atomic E-state index is 0.0291. The third-order valence-corrected chi connectivity index (χ3v) is 8.77. The van der Waals surface area contributed by atoms with Gasteiger partial charge in [0.25, 0.3) is 5.56 Å². The molecule has 3 heterocycles. The Bertz CT molecular complexity index is 1340. The zero-order chi connectivity index (χ0) is 30.7. The summed E-state index contributed by atoms with van der Waals surface area (Å²) in [6, 6.07) is 10.5. The van der Waals surface area contributed by atoms with Crippen LogP contribution in [0, 0.1) is 17.8 Å². The maximum Gasteiger partial charge on any atom is 0.280 e. The molecule has 0 spiro atoms. The molecule has 1 saturated heterocycles. The van der Waals surface area contributed by atoms with Crippen LogP contribution in [0.5, 0.6) is 0 Å². The van der Waals surface area contributed by atoms with Gasteiger partial charge in [-0.15, -0.1) is 0 Å². The number of hydrogen-bond donors (Lipinski definition) is 6. The lowest BCUT2D eigenvalue weighted by molar-refractivity contribution is -0.0495. The Labute approximate surface area is 258 Å². The molecule has 0 amide bonds. The molecule has 2 aliphatic carbocycles. The van der Waals surface area contributed by atoms with Gasteiger partial charge in [0, 0.05) is 18.8 Å². The number of rotatable bonds is 10. The third-order valence-electron chi connectivity index (χ3n) is 8.51. The van der Waals surface area contributed by atoms with Crippen LogP contribution in [-0.2, 0) is 17.1 Å². The van der Waals surface area contributed by atoms with E-state index in [0.29, 0.717) is 29.9 Å². The summed E-state index contributed by atoms with van der Waals surface area (Å²) >= 11 is 3.80. The molecule has 2 bridgehead atoms. The van der Waals surface area contributed by atoms with Crippen molar-refractivity contribution < 1.29 is 14.9 Å². The van der Waals surface area contributed by atoms with E-state index in [1.54, 1.807) is 0 Å². The molecular weight excluding hydrogens is 566 g/mol. The number of thiol groups is 1. The standard InChI is InChI=1S/C21H29NO.C8H11N5O3.C2H7NS/c23-21(19-7-3-1-4-8-19,11-14-22-12-5-2-6-13-22)20-16-17-9-10-18(20)15-17;9-8-11-6-5(7(15)12-8)10-3-13(6)4-16-2-1-14;3-1-2-4/h1,3-4,7-10,17-18,20,23H,2,5-6,11-16H2;3,14H,1-2,4H2,(H3,9,11,12,15);4H,1-3H2. The SMILES string of the molecule is NCCS.Nc1nc2c(ncn2COCCO)c(=O)[nH]1.OC(CCN1CCCCC1)(c1ccccc1)C1CC2C=CC1C2. The lowest BCUT2D eigenvalue weighted by atomic mass is 9.72. The Balaban J connectivity index is 0.000000185. The molecule has 43 heavy (non-hydrogen) atoms. The number of nitrogens with zero attached hydrogens (tertiary/aromatic N) is 4. The molecule has 1 aliphatic heterocycles. The summed E-state index contributed by atoms with van der Waals surface area (Å²) in [5.74, 6) is 2.49. The molecule has 11 nitrogen and oxygen atoms in total. The Kier molecular flexibility index (Phi) is 12.6. The number of aromatic nitrogens is 4. The topological polar surface area (TPSA) is 169 Å². The number of nitrogen functional groups attached to an aromatic ring is 1. The minimum atomic E-state index is -0.664. The normalized spacial score (nSPS) is 22.5. The smallest absolute Gasteiger partial charge is 0.280 e. The number of ether oxygens (including phenoxy) is 1. The van der Waals surface area contributed by atoms with Crippen molar-refractivity contribution in [1.29, 1.82) is 0 Å². The molecule has 7 N–H and O–H groups in total. The van der Waals surface area contributed by atoms with Crippen LogP contribution in [0.4, 0.5) is 5.95 Å². The molecule has 1 aromatic carbocycles. The Morgan fingerprint density at radius 2 is 1.88 bits per heavy atom. The summed E-state index contributed by atoms with van der Waals surface area (Å²) < 4.78 is 6.63.